The molecule has 0 aliphatic carbocycles. The van der Waals surface area contributed by atoms with Crippen LogP contribution >= 0.6 is 22.7 Å². The van der Waals surface area contributed by atoms with E-state index in [1.54, 1.807) is 0 Å². The molecule has 0 aromatic rings. The molecule has 0 rings (SSSR count). The number of rotatable bonds is 0. The fraction of sp³-hybridized carbons (Fsp3) is 1.00. The van der Waals surface area contributed by atoms with Crippen molar-refractivity contribution >= 4 is 22.7 Å². The summed E-state index contributed by atoms with van der Waals surface area (Å²) in [6.07, 6.45) is 0.167. The number of hydrogen-bond acceptors (Lipinski definition) is 1. The van der Waals surface area contributed by atoms with Gasteiger partial charge in [-0.25, -0.2) is 0 Å². The third kappa shape index (κ3) is 15.1. The second kappa shape index (κ2) is 9.27. The van der Waals surface area contributed by atoms with Crippen LogP contribution in [0, 0.1) is 0 Å². The number of aliphatic hydroxyl groups excluding tert-OH is 1. The molecule has 0 spiro atoms. The van der Waals surface area contributed by atoms with Gasteiger partial charge in [0, 0.05) is 0 Å². The van der Waals surface area contributed by atoms with Gasteiger partial charge in [0.15, 0.2) is 0 Å². The van der Waals surface area contributed by atoms with E-state index in [9.17, 15) is 0 Å². The lowest BCUT2D eigenvalue weighted by atomic mass is 11.7. The maximum absolute atomic E-state index is 7.53. The van der Waals surface area contributed by atoms with Crippen LogP contribution in [0.1, 0.15) is 0 Å². The topological polar surface area (TPSA) is 20.2 Å². The Morgan fingerprint density at radius 3 is 1.75 bits per heavy atom. The molecule has 0 aliphatic rings. The van der Waals surface area contributed by atoms with Gasteiger partial charge in [-0.3, -0.25) is 0 Å². The van der Waals surface area contributed by atoms with Crippen molar-refractivity contribution in [2.75, 3.05) is 6.35 Å². The Labute approximate surface area is 35.1 Å². The zero-order chi connectivity index (χ0) is 2.71. The third-order valence-corrected chi connectivity index (χ3v) is 0. The molecule has 1 atom stereocenters. The van der Waals surface area contributed by atoms with Crippen molar-refractivity contribution in [1.29, 1.82) is 0 Å². The van der Waals surface area contributed by atoms with Crippen LogP contribution in [0.15, 0.2) is 0 Å². The van der Waals surface area contributed by atoms with Crippen LogP contribution in [-0.2, 0) is 0 Å². The Kier molecular flexibility index (Phi) is 20.5. The molecular weight excluding hydrogens is 91.1 g/mol. The van der Waals surface area contributed by atoms with Crippen molar-refractivity contribution in [2.24, 2.45) is 0 Å². The highest BCUT2D eigenvalue weighted by atomic mass is 32.1. The lowest BCUT2D eigenvalue weighted by molar-refractivity contribution is 0.375. The summed E-state index contributed by atoms with van der Waals surface area (Å²) >= 11 is 0. The minimum atomic E-state index is 0. The second-order valence-corrected chi connectivity index (χ2v) is 0.548. The molecule has 1 unspecified atom stereocenters. The van der Waals surface area contributed by atoms with E-state index in [1.807, 2.05) is 0 Å². The van der Waals surface area contributed by atoms with E-state index in [0.717, 1.165) is 0 Å². The smallest absolute Gasteiger partial charge is 0.0567 e. The van der Waals surface area contributed by atoms with Gasteiger partial charge in [-0.15, -0.1) is 9.24 Å². The average Bonchev–Trinajstić information content (AvgIpc) is 0.918. The average molecular weight is 98.1 g/mol. The number of aliphatic hydroxyl groups is 1. The summed E-state index contributed by atoms with van der Waals surface area (Å²) < 4.78 is 0. The van der Waals surface area contributed by atoms with Gasteiger partial charge < -0.3 is 5.11 Å². The molecule has 1 N–H and O–H groups in total. The predicted molar refractivity (Wildman–Crippen MR) is 27.2 cm³/mol. The van der Waals surface area contributed by atoms with Gasteiger partial charge in [-0.2, -0.15) is 13.5 Å². The van der Waals surface area contributed by atoms with Crippen LogP contribution < -0.4 is 0 Å². The lowest BCUT2D eigenvalue weighted by Crippen LogP contribution is -1.47. The highest BCUT2D eigenvalue weighted by molar-refractivity contribution is 7.59. The van der Waals surface area contributed by atoms with E-state index < -0.39 is 0 Å². The minimum absolute atomic E-state index is 0. The van der Waals surface area contributed by atoms with E-state index in [4.69, 9.17) is 5.11 Å². The summed E-state index contributed by atoms with van der Waals surface area (Å²) in [7, 11) is 2.13. The summed E-state index contributed by atoms with van der Waals surface area (Å²) in [5.74, 6) is 0. The standard InChI is InChI=1S/CH5OP.H2S/c2-1-3;/h2H,1,3H2;1H2. The highest BCUT2D eigenvalue weighted by Gasteiger charge is 1.33. The minimum Gasteiger partial charge on any atom is -0.392 e. The fourth-order valence-corrected chi connectivity index (χ4v) is 0. The van der Waals surface area contributed by atoms with Gasteiger partial charge in [0.1, 0.15) is 0 Å². The first-order valence-corrected chi connectivity index (χ1v) is 1.54. The molecule has 28 valence electrons. The van der Waals surface area contributed by atoms with Crippen LogP contribution in [0.2, 0.25) is 0 Å². The first kappa shape index (κ1) is 8.83. The molecule has 0 saturated carbocycles. The van der Waals surface area contributed by atoms with Gasteiger partial charge in [-0.05, 0) is 0 Å². The van der Waals surface area contributed by atoms with E-state index in [1.165, 1.54) is 0 Å². The zero-order valence-corrected chi connectivity index (χ0v) is 4.39. The molecule has 0 fully saturated rings. The number of hydrogen-bond donors (Lipinski definition) is 1. The molecule has 0 aromatic carbocycles. The fourth-order valence-electron chi connectivity index (χ4n) is 0. The van der Waals surface area contributed by atoms with Crippen LogP contribution in [0.3, 0.4) is 0 Å². The summed E-state index contributed by atoms with van der Waals surface area (Å²) in [4.78, 5) is 0. The molecule has 0 bridgehead atoms. The second-order valence-electron chi connectivity index (χ2n) is 0.183. The molecule has 0 radical (unpaired) electrons. The third-order valence-electron chi connectivity index (χ3n) is 0. The summed E-state index contributed by atoms with van der Waals surface area (Å²) in [6, 6.07) is 0. The largest absolute Gasteiger partial charge is 0.392 e. The maximum atomic E-state index is 7.53. The van der Waals surface area contributed by atoms with Gasteiger partial charge in [-0.1, -0.05) is 0 Å². The van der Waals surface area contributed by atoms with Crippen molar-refractivity contribution < 1.29 is 5.11 Å². The normalized spacial score (nSPS) is 4.50. The molecule has 0 amide bonds. The molecule has 4 heavy (non-hydrogen) atoms. The van der Waals surface area contributed by atoms with Crippen LogP contribution in [0.4, 0.5) is 0 Å². The van der Waals surface area contributed by atoms with Crippen LogP contribution in [0.25, 0.3) is 0 Å². The molecule has 0 heterocycles. The van der Waals surface area contributed by atoms with E-state index >= 15 is 0 Å². The van der Waals surface area contributed by atoms with Crippen LogP contribution in [0.5, 0.6) is 0 Å². The van der Waals surface area contributed by atoms with Crippen molar-refractivity contribution in [2.45, 2.75) is 0 Å². The first-order valence-electron chi connectivity index (χ1n) is 0.724. The molecule has 0 aliphatic heterocycles. The molecular formula is CH7OPS. The monoisotopic (exact) mass is 98.0 g/mol. The molecule has 0 aromatic heterocycles. The maximum Gasteiger partial charge on any atom is 0.0567 e. The zero-order valence-electron chi connectivity index (χ0n) is 2.23. The lowest BCUT2D eigenvalue weighted by Gasteiger charge is -1.53. The van der Waals surface area contributed by atoms with Crippen LogP contribution in [-0.4, -0.2) is 11.5 Å². The van der Waals surface area contributed by atoms with Gasteiger partial charge >= 0.3 is 0 Å². The highest BCUT2D eigenvalue weighted by Crippen LogP contribution is 1.63. The van der Waals surface area contributed by atoms with Gasteiger partial charge in [0.05, 0.1) is 6.35 Å². The van der Waals surface area contributed by atoms with Crippen molar-refractivity contribution in [1.82, 2.24) is 0 Å². The summed E-state index contributed by atoms with van der Waals surface area (Å²) in [5.41, 5.74) is 0. The summed E-state index contributed by atoms with van der Waals surface area (Å²) in [5, 5.41) is 7.53. The van der Waals surface area contributed by atoms with Gasteiger partial charge in [0.25, 0.3) is 0 Å². The van der Waals surface area contributed by atoms with Crippen molar-refractivity contribution in [3.05, 3.63) is 0 Å². The Hall–Kier alpha value is 0.740. The Morgan fingerprint density at radius 1 is 1.75 bits per heavy atom. The molecule has 0 saturated heterocycles. The van der Waals surface area contributed by atoms with Crippen molar-refractivity contribution in [3.8, 4) is 0 Å². The van der Waals surface area contributed by atoms with E-state index in [-0.39, 0.29) is 19.8 Å². The first-order chi connectivity index (χ1) is 1.41. The van der Waals surface area contributed by atoms with Crippen molar-refractivity contribution in [3.63, 3.8) is 0 Å². The molecule has 3 heteroatoms. The SMILES string of the molecule is OCP.S. The van der Waals surface area contributed by atoms with Gasteiger partial charge in [0.2, 0.25) is 0 Å². The Morgan fingerprint density at radius 2 is 1.75 bits per heavy atom. The molecule has 1 nitrogen and oxygen atoms in total. The van der Waals surface area contributed by atoms with E-state index in [2.05, 4.69) is 9.24 Å². The Bertz CT molecular complexity index is 8.00. The predicted octanol–water partition coefficient (Wildman–Crippen LogP) is -0.0759. The quantitative estimate of drug-likeness (QED) is 0.420. The summed E-state index contributed by atoms with van der Waals surface area (Å²) in [6.45, 7) is 0. The van der Waals surface area contributed by atoms with E-state index in [0.29, 0.717) is 0 Å². The Balaban J connectivity index is 0.